The molecule has 0 fully saturated rings. The Balaban J connectivity index is 0.00000156. The summed E-state index contributed by atoms with van der Waals surface area (Å²) in [5, 5.41) is 0. The molecule has 1 heterocycles. The second kappa shape index (κ2) is 7.26. The Morgan fingerprint density at radius 2 is 1.30 bits per heavy atom. The van der Waals surface area contributed by atoms with Crippen molar-refractivity contribution in [1.29, 1.82) is 0 Å². The van der Waals surface area contributed by atoms with Gasteiger partial charge >= 0.3 is 11.5 Å². The van der Waals surface area contributed by atoms with Crippen LogP contribution in [0.1, 0.15) is 24.2 Å². The monoisotopic (exact) mass is 414 g/mol. The van der Waals surface area contributed by atoms with Gasteiger partial charge in [-0.25, -0.2) is 4.42 Å². The van der Waals surface area contributed by atoms with Crippen molar-refractivity contribution in [1.82, 2.24) is 0 Å². The van der Waals surface area contributed by atoms with Crippen LogP contribution < -0.4 is 24.0 Å². The van der Waals surface area contributed by atoms with Crippen LogP contribution in [-0.4, -0.2) is 0 Å². The zero-order valence-electron chi connectivity index (χ0n) is 13.0. The van der Waals surface area contributed by atoms with Crippen molar-refractivity contribution in [3.63, 3.8) is 0 Å². The quantitative estimate of drug-likeness (QED) is 0.464. The molecule has 0 bridgehead atoms. The molecule has 3 aromatic rings. The van der Waals surface area contributed by atoms with Crippen LogP contribution in [0.3, 0.4) is 0 Å². The van der Waals surface area contributed by atoms with E-state index >= 15 is 0 Å². The molecule has 0 amide bonds. The standard InChI is InChI=1S/C21H19O.HI/c1-3-9-16(10-4-1)19-15-21(17-11-5-2-6-12-17)22-20-14-8-7-13-18(19)20;/h1-6,9-12,15H,7-8,13-14H2;1H/q+1;/p-1. The fourth-order valence-electron chi connectivity index (χ4n) is 3.28. The van der Waals surface area contributed by atoms with Crippen molar-refractivity contribution in [3.8, 4) is 22.5 Å². The summed E-state index contributed by atoms with van der Waals surface area (Å²) in [6.07, 6.45) is 4.66. The largest absolute Gasteiger partial charge is 1.00 e. The van der Waals surface area contributed by atoms with Crippen LogP contribution >= 0.6 is 0 Å². The average molecular weight is 414 g/mol. The van der Waals surface area contributed by atoms with E-state index in [4.69, 9.17) is 4.42 Å². The van der Waals surface area contributed by atoms with E-state index in [2.05, 4.69) is 60.7 Å². The van der Waals surface area contributed by atoms with Gasteiger partial charge in [0.25, 0.3) is 0 Å². The van der Waals surface area contributed by atoms with E-state index in [1.54, 1.807) is 0 Å². The van der Waals surface area contributed by atoms with E-state index in [0.29, 0.717) is 0 Å². The van der Waals surface area contributed by atoms with E-state index < -0.39 is 0 Å². The van der Waals surface area contributed by atoms with Gasteiger partial charge in [-0.3, -0.25) is 0 Å². The summed E-state index contributed by atoms with van der Waals surface area (Å²) < 4.78 is 6.25. The smallest absolute Gasteiger partial charge is 0.360 e. The normalized spacial score (nSPS) is 13.0. The third-order valence-electron chi connectivity index (χ3n) is 4.39. The molecule has 0 N–H and O–H groups in total. The van der Waals surface area contributed by atoms with E-state index in [1.807, 2.05) is 6.07 Å². The van der Waals surface area contributed by atoms with Crippen molar-refractivity contribution < 1.29 is 28.4 Å². The van der Waals surface area contributed by atoms with Gasteiger partial charge < -0.3 is 24.0 Å². The summed E-state index contributed by atoms with van der Waals surface area (Å²) in [5.41, 5.74) is 5.17. The molecule has 2 heteroatoms. The molecular weight excluding hydrogens is 395 g/mol. The second-order valence-electron chi connectivity index (χ2n) is 5.87. The maximum absolute atomic E-state index is 6.25. The first-order chi connectivity index (χ1) is 10.9. The van der Waals surface area contributed by atoms with Crippen molar-refractivity contribution in [2.75, 3.05) is 0 Å². The molecule has 0 spiro atoms. The molecule has 116 valence electrons. The van der Waals surface area contributed by atoms with Crippen LogP contribution in [0.25, 0.3) is 22.5 Å². The van der Waals surface area contributed by atoms with Crippen LogP contribution in [-0.2, 0) is 12.8 Å². The first-order valence-corrected chi connectivity index (χ1v) is 8.01. The highest BCUT2D eigenvalue weighted by Gasteiger charge is 2.27. The summed E-state index contributed by atoms with van der Waals surface area (Å²) >= 11 is 0. The molecule has 1 nitrogen and oxygen atoms in total. The van der Waals surface area contributed by atoms with Crippen LogP contribution in [0, 0.1) is 0 Å². The number of fused-ring (bicyclic) bond motifs is 1. The molecule has 23 heavy (non-hydrogen) atoms. The minimum absolute atomic E-state index is 0. The zero-order chi connectivity index (χ0) is 14.8. The van der Waals surface area contributed by atoms with E-state index in [9.17, 15) is 0 Å². The highest BCUT2D eigenvalue weighted by atomic mass is 127. The zero-order valence-corrected chi connectivity index (χ0v) is 15.1. The summed E-state index contributed by atoms with van der Waals surface area (Å²) in [6.45, 7) is 0. The van der Waals surface area contributed by atoms with Gasteiger partial charge in [-0.15, -0.1) is 0 Å². The lowest BCUT2D eigenvalue weighted by Crippen LogP contribution is -3.00. The molecule has 2 aromatic carbocycles. The molecule has 0 atom stereocenters. The van der Waals surface area contributed by atoms with Crippen molar-refractivity contribution in [3.05, 3.63) is 78.1 Å². The fourth-order valence-corrected chi connectivity index (χ4v) is 3.28. The third-order valence-corrected chi connectivity index (χ3v) is 4.39. The molecule has 4 rings (SSSR count). The predicted octanol–water partition coefficient (Wildman–Crippen LogP) is 2.78. The Morgan fingerprint density at radius 1 is 0.696 bits per heavy atom. The first kappa shape index (κ1) is 16.2. The summed E-state index contributed by atoms with van der Waals surface area (Å²) in [6, 6.07) is 23.3. The van der Waals surface area contributed by atoms with Gasteiger partial charge in [-0.2, -0.15) is 0 Å². The first-order valence-electron chi connectivity index (χ1n) is 8.01. The highest BCUT2D eigenvalue weighted by Crippen LogP contribution is 2.36. The third kappa shape index (κ3) is 3.32. The Morgan fingerprint density at radius 3 is 2.00 bits per heavy atom. The maximum atomic E-state index is 6.25. The van der Waals surface area contributed by atoms with Gasteiger partial charge in [0, 0.05) is 5.56 Å². The second-order valence-corrected chi connectivity index (χ2v) is 5.87. The van der Waals surface area contributed by atoms with E-state index in [0.717, 1.165) is 24.2 Å². The minimum atomic E-state index is 0. The van der Waals surface area contributed by atoms with Crippen LogP contribution in [0.5, 0.6) is 0 Å². The lowest BCUT2D eigenvalue weighted by atomic mass is 9.89. The molecule has 1 aliphatic carbocycles. The molecule has 1 aliphatic rings. The van der Waals surface area contributed by atoms with E-state index in [-0.39, 0.29) is 24.0 Å². The van der Waals surface area contributed by atoms with Gasteiger partial charge in [0.05, 0.1) is 23.6 Å². The Labute approximate surface area is 154 Å². The van der Waals surface area contributed by atoms with Crippen molar-refractivity contribution in [2.24, 2.45) is 0 Å². The van der Waals surface area contributed by atoms with Gasteiger partial charge in [0.1, 0.15) is 0 Å². The molecule has 0 radical (unpaired) electrons. The van der Waals surface area contributed by atoms with E-state index in [1.165, 1.54) is 35.3 Å². The number of halogens is 1. The summed E-state index contributed by atoms with van der Waals surface area (Å²) in [5.74, 6) is 2.14. The molecule has 0 saturated carbocycles. The molecule has 1 aromatic heterocycles. The lowest BCUT2D eigenvalue weighted by Gasteiger charge is -2.13. The molecule has 0 unspecified atom stereocenters. The van der Waals surface area contributed by atoms with Crippen LogP contribution in [0.15, 0.2) is 71.1 Å². The number of rotatable bonds is 2. The average Bonchev–Trinajstić information content (AvgIpc) is 2.62. The molecule has 0 saturated heterocycles. The SMILES string of the molecule is [I-].c1ccc(-c2cc(-c3ccccc3)c3c([o+]2)CCCC3)cc1. The van der Waals surface area contributed by atoms with Crippen LogP contribution in [0.2, 0.25) is 0 Å². The Bertz CT molecular complexity index is 782. The Kier molecular flexibility index (Phi) is 5.11. The van der Waals surface area contributed by atoms with Crippen molar-refractivity contribution >= 4 is 0 Å². The minimum Gasteiger partial charge on any atom is -1.00 e. The van der Waals surface area contributed by atoms with Gasteiger partial charge in [-0.1, -0.05) is 48.5 Å². The topological polar surface area (TPSA) is 11.3 Å². The highest BCUT2D eigenvalue weighted by molar-refractivity contribution is 5.73. The predicted molar refractivity (Wildman–Crippen MR) is 90.6 cm³/mol. The Hall–Kier alpha value is -1.68. The molecule has 0 aliphatic heterocycles. The summed E-state index contributed by atoms with van der Waals surface area (Å²) in [7, 11) is 0. The number of hydrogen-bond donors (Lipinski definition) is 0. The van der Waals surface area contributed by atoms with Crippen LogP contribution in [0.4, 0.5) is 0 Å². The molecular formula is C21H19IO. The van der Waals surface area contributed by atoms with Gasteiger partial charge in [0.2, 0.25) is 0 Å². The maximum Gasteiger partial charge on any atom is 0.360 e. The van der Waals surface area contributed by atoms with Gasteiger partial charge in [0.15, 0.2) is 0 Å². The number of aryl methyl sites for hydroxylation is 1. The fraction of sp³-hybridized carbons (Fsp3) is 0.190. The summed E-state index contributed by atoms with van der Waals surface area (Å²) in [4.78, 5) is 0. The lowest BCUT2D eigenvalue weighted by molar-refractivity contribution is -0.00000486. The number of hydrogen-bond acceptors (Lipinski definition) is 0. The van der Waals surface area contributed by atoms with Crippen molar-refractivity contribution in [2.45, 2.75) is 25.7 Å². The van der Waals surface area contributed by atoms with Gasteiger partial charge in [-0.05, 0) is 37.0 Å². The number of benzene rings is 2.